The van der Waals surface area contributed by atoms with Gasteiger partial charge in [0.1, 0.15) is 18.4 Å². The van der Waals surface area contributed by atoms with Crippen molar-refractivity contribution in [2.75, 3.05) is 5.73 Å². The maximum absolute atomic E-state index is 8.85. The van der Waals surface area contributed by atoms with E-state index in [4.69, 9.17) is 15.7 Å². The lowest BCUT2D eigenvalue weighted by Gasteiger charge is -2.09. The Morgan fingerprint density at radius 1 is 1.33 bits per heavy atom. The van der Waals surface area contributed by atoms with Crippen LogP contribution in [0.15, 0.2) is 41.0 Å². The van der Waals surface area contributed by atoms with Gasteiger partial charge in [-0.25, -0.2) is 4.98 Å². The van der Waals surface area contributed by atoms with Crippen LogP contribution in [0.2, 0.25) is 0 Å². The third kappa shape index (κ3) is 2.60. The van der Waals surface area contributed by atoms with E-state index in [0.717, 1.165) is 10.0 Å². The fourth-order valence-corrected chi connectivity index (χ4v) is 1.83. The smallest absolute Gasteiger partial charge is 0.238 e. The molecule has 5 heteroatoms. The molecule has 1 aromatic carbocycles. The summed E-state index contributed by atoms with van der Waals surface area (Å²) in [5.41, 5.74) is 7.40. The third-order valence-corrected chi connectivity index (χ3v) is 3.17. The van der Waals surface area contributed by atoms with Gasteiger partial charge in [0.15, 0.2) is 0 Å². The lowest BCUT2D eigenvalue weighted by molar-refractivity contribution is 0.295. The quantitative estimate of drug-likeness (QED) is 0.946. The van der Waals surface area contributed by atoms with E-state index >= 15 is 0 Å². The summed E-state index contributed by atoms with van der Waals surface area (Å²) in [6.45, 7) is 0.341. The fourth-order valence-electron chi connectivity index (χ4n) is 1.43. The molecule has 0 fully saturated rings. The Kier molecular flexibility index (Phi) is 3.80. The topological polar surface area (TPSA) is 71.9 Å². The van der Waals surface area contributed by atoms with Crippen molar-refractivity contribution in [3.05, 3.63) is 52.1 Å². The van der Waals surface area contributed by atoms with Gasteiger partial charge in [-0.3, -0.25) is 0 Å². The third-order valence-electron chi connectivity index (χ3n) is 2.40. The summed E-state index contributed by atoms with van der Waals surface area (Å²) < 4.78 is 6.49. The highest BCUT2D eigenvalue weighted by atomic mass is 79.9. The first kappa shape index (κ1) is 12.4. The molecule has 0 aliphatic heterocycles. The monoisotopic (exact) mass is 303 g/mol. The Hall–Kier alpha value is -2.06. The summed E-state index contributed by atoms with van der Waals surface area (Å²) in [4.78, 5) is 4.02. The molecule has 0 saturated heterocycles. The second kappa shape index (κ2) is 5.52. The van der Waals surface area contributed by atoms with Crippen LogP contribution < -0.4 is 10.5 Å². The molecule has 90 valence electrons. The number of ether oxygens (including phenoxy) is 1. The molecule has 0 radical (unpaired) electrons. The molecule has 0 unspecified atom stereocenters. The molecular formula is C13H10BrN3O. The summed E-state index contributed by atoms with van der Waals surface area (Å²) in [5, 5.41) is 8.85. The van der Waals surface area contributed by atoms with Crippen LogP contribution in [0, 0.1) is 11.3 Å². The number of nitrogens with zero attached hydrogens (tertiary/aromatic N) is 2. The number of benzene rings is 1. The Labute approximate surface area is 113 Å². The van der Waals surface area contributed by atoms with Crippen molar-refractivity contribution in [3.8, 4) is 11.9 Å². The summed E-state index contributed by atoms with van der Waals surface area (Å²) >= 11 is 3.43. The van der Waals surface area contributed by atoms with Gasteiger partial charge >= 0.3 is 0 Å². The van der Waals surface area contributed by atoms with E-state index in [1.54, 1.807) is 6.07 Å². The molecular weight excluding hydrogens is 294 g/mol. The molecule has 1 heterocycles. The van der Waals surface area contributed by atoms with Crippen molar-refractivity contribution in [1.29, 1.82) is 5.26 Å². The number of halogens is 1. The largest absolute Gasteiger partial charge is 0.471 e. The van der Waals surface area contributed by atoms with Crippen molar-refractivity contribution < 1.29 is 4.74 Å². The van der Waals surface area contributed by atoms with E-state index in [-0.39, 0.29) is 11.6 Å². The van der Waals surface area contributed by atoms with Crippen LogP contribution in [-0.4, -0.2) is 4.98 Å². The zero-order valence-corrected chi connectivity index (χ0v) is 11.0. The molecule has 0 atom stereocenters. The van der Waals surface area contributed by atoms with Gasteiger partial charge in [0.25, 0.3) is 0 Å². The zero-order valence-electron chi connectivity index (χ0n) is 9.43. The van der Waals surface area contributed by atoms with Crippen LogP contribution in [0.1, 0.15) is 11.1 Å². The van der Waals surface area contributed by atoms with Crippen LogP contribution >= 0.6 is 15.9 Å². The first-order chi connectivity index (χ1) is 8.72. The highest BCUT2D eigenvalue weighted by molar-refractivity contribution is 9.10. The minimum absolute atomic E-state index is 0.270. The Morgan fingerprint density at radius 2 is 2.11 bits per heavy atom. The lowest BCUT2D eigenvalue weighted by atomic mass is 10.2. The van der Waals surface area contributed by atoms with Gasteiger partial charge in [0.05, 0.1) is 5.56 Å². The summed E-state index contributed by atoms with van der Waals surface area (Å²) in [6.07, 6.45) is 1.50. The summed E-state index contributed by atoms with van der Waals surface area (Å²) in [7, 11) is 0. The van der Waals surface area contributed by atoms with E-state index in [1.807, 2.05) is 30.3 Å². The van der Waals surface area contributed by atoms with Crippen LogP contribution in [0.3, 0.4) is 0 Å². The highest BCUT2D eigenvalue weighted by Gasteiger charge is 2.08. The molecule has 1 aromatic heterocycles. The molecule has 0 bridgehead atoms. The van der Waals surface area contributed by atoms with Gasteiger partial charge in [-0.05, 0) is 12.1 Å². The van der Waals surface area contributed by atoms with E-state index in [0.29, 0.717) is 12.2 Å². The number of nitriles is 1. The van der Waals surface area contributed by atoms with Gasteiger partial charge in [0.2, 0.25) is 5.88 Å². The standard InChI is InChI=1S/C13H10BrN3O/c14-11-4-2-1-3-10(11)8-18-13-12(16)9(7-15)5-6-17-13/h1-6H,8,16H2. The number of anilines is 1. The number of nitrogens with two attached hydrogens (primary N) is 1. The number of nitrogen functional groups attached to an aromatic ring is 1. The van der Waals surface area contributed by atoms with Gasteiger partial charge in [-0.15, -0.1) is 0 Å². The molecule has 0 saturated carbocycles. The molecule has 18 heavy (non-hydrogen) atoms. The second-order valence-corrected chi connectivity index (χ2v) is 4.42. The van der Waals surface area contributed by atoms with E-state index in [2.05, 4.69) is 20.9 Å². The number of hydrogen-bond donors (Lipinski definition) is 1. The normalized spacial score (nSPS) is 9.78. The second-order valence-electron chi connectivity index (χ2n) is 3.57. The molecule has 0 spiro atoms. The van der Waals surface area contributed by atoms with E-state index in [9.17, 15) is 0 Å². The predicted octanol–water partition coefficient (Wildman–Crippen LogP) is 2.88. The maximum atomic E-state index is 8.85. The predicted molar refractivity (Wildman–Crippen MR) is 71.8 cm³/mol. The number of pyridine rings is 1. The van der Waals surface area contributed by atoms with Crippen molar-refractivity contribution in [3.63, 3.8) is 0 Å². The van der Waals surface area contributed by atoms with Crippen molar-refractivity contribution in [2.45, 2.75) is 6.61 Å². The van der Waals surface area contributed by atoms with Crippen LogP contribution in [0.5, 0.6) is 5.88 Å². The molecule has 2 aromatic rings. The minimum Gasteiger partial charge on any atom is -0.471 e. The van der Waals surface area contributed by atoms with Crippen LogP contribution in [-0.2, 0) is 6.61 Å². The van der Waals surface area contributed by atoms with E-state index < -0.39 is 0 Å². The number of hydrogen-bond acceptors (Lipinski definition) is 4. The molecule has 4 nitrogen and oxygen atoms in total. The fraction of sp³-hybridized carbons (Fsp3) is 0.0769. The molecule has 0 amide bonds. The van der Waals surface area contributed by atoms with E-state index in [1.165, 1.54) is 6.20 Å². The molecule has 2 N–H and O–H groups in total. The Morgan fingerprint density at radius 3 is 2.83 bits per heavy atom. The van der Waals surface area contributed by atoms with Crippen molar-refractivity contribution in [2.24, 2.45) is 0 Å². The van der Waals surface area contributed by atoms with Gasteiger partial charge in [0, 0.05) is 16.2 Å². The van der Waals surface area contributed by atoms with Crippen molar-refractivity contribution in [1.82, 2.24) is 4.98 Å². The minimum atomic E-state index is 0.270. The van der Waals surface area contributed by atoms with Gasteiger partial charge < -0.3 is 10.5 Å². The van der Waals surface area contributed by atoms with Crippen LogP contribution in [0.4, 0.5) is 5.69 Å². The molecule has 2 rings (SSSR count). The molecule has 0 aliphatic rings. The van der Waals surface area contributed by atoms with Gasteiger partial charge in [-0.1, -0.05) is 34.1 Å². The highest BCUT2D eigenvalue weighted by Crippen LogP contribution is 2.24. The Balaban J connectivity index is 2.17. The Bertz CT molecular complexity index is 607. The average Bonchev–Trinajstić information content (AvgIpc) is 2.39. The first-order valence-electron chi connectivity index (χ1n) is 5.23. The zero-order chi connectivity index (χ0) is 13.0. The van der Waals surface area contributed by atoms with Crippen molar-refractivity contribution >= 4 is 21.6 Å². The average molecular weight is 304 g/mol. The summed E-state index contributed by atoms with van der Waals surface area (Å²) in [6, 6.07) is 11.3. The summed E-state index contributed by atoms with van der Waals surface area (Å²) in [5.74, 6) is 0.282. The maximum Gasteiger partial charge on any atom is 0.238 e. The SMILES string of the molecule is N#Cc1ccnc(OCc2ccccc2Br)c1N. The number of aromatic nitrogens is 1. The van der Waals surface area contributed by atoms with Crippen LogP contribution in [0.25, 0.3) is 0 Å². The molecule has 0 aliphatic carbocycles. The first-order valence-corrected chi connectivity index (χ1v) is 6.02. The number of rotatable bonds is 3. The lowest BCUT2D eigenvalue weighted by Crippen LogP contribution is -2.02. The van der Waals surface area contributed by atoms with Gasteiger partial charge in [-0.2, -0.15) is 5.26 Å².